The normalized spacial score (nSPS) is 11.0. The quantitative estimate of drug-likeness (QED) is 0.0529. The summed E-state index contributed by atoms with van der Waals surface area (Å²) in [5.41, 5.74) is 38.9. The van der Waals surface area contributed by atoms with E-state index < -0.39 is 0 Å². The van der Waals surface area contributed by atoms with Gasteiger partial charge in [-0.2, -0.15) is 0 Å². The van der Waals surface area contributed by atoms with Crippen LogP contribution in [0.1, 0.15) is 5.56 Å². The Morgan fingerprint density at radius 3 is 0.523 bits per heavy atom. The fourth-order valence-electron chi connectivity index (χ4n) is 17.3. The van der Waals surface area contributed by atoms with E-state index in [9.17, 15) is 0 Å². The van der Waals surface area contributed by atoms with E-state index in [4.69, 9.17) is 0 Å². The Labute approximate surface area is 764 Å². The highest BCUT2D eigenvalue weighted by Crippen LogP contribution is 2.47. The molecule has 0 aliphatic rings. The molecule has 0 atom stereocenters. The Kier molecular flexibility index (Phi) is 24.9. The van der Waals surface area contributed by atoms with Crippen molar-refractivity contribution in [3.8, 4) is 111 Å². The van der Waals surface area contributed by atoms with E-state index in [0.717, 1.165) is 90.5 Å². The Hall–Kier alpha value is -17.2. The van der Waals surface area contributed by atoms with E-state index >= 15 is 0 Å². The van der Waals surface area contributed by atoms with Crippen molar-refractivity contribution in [3.63, 3.8) is 0 Å². The number of rotatable bonds is 25. The van der Waals surface area contributed by atoms with Crippen molar-refractivity contribution in [1.82, 2.24) is 0 Å². The highest BCUT2D eigenvalue weighted by molar-refractivity contribution is 5.93. The number of benzene rings is 20. The second-order valence-corrected chi connectivity index (χ2v) is 32.0. The average molecular weight is 1660 g/mol. The third-order valence-electron chi connectivity index (χ3n) is 24.0. The molecule has 0 heterocycles. The lowest BCUT2D eigenvalue weighted by Gasteiger charge is -2.27. The lowest BCUT2D eigenvalue weighted by atomic mass is 9.93. The number of hydrogen-bond acceptors (Lipinski definition) is 4. The first kappa shape index (κ1) is 82.4. The summed E-state index contributed by atoms with van der Waals surface area (Å²) in [4.78, 5) is 9.32. The Morgan fingerprint density at radius 2 is 0.308 bits per heavy atom. The molecule has 20 aromatic rings. The molecular weight excluding hydrogens is 1570 g/mol. The molecule has 20 aromatic carbocycles. The van der Waals surface area contributed by atoms with E-state index in [1.807, 2.05) is 12.2 Å². The average Bonchev–Trinajstić information content (AvgIpc) is 0.781. The molecule has 20 rings (SSSR count). The van der Waals surface area contributed by atoms with Crippen LogP contribution in [0.4, 0.5) is 68.2 Å². The van der Waals surface area contributed by atoms with Crippen molar-refractivity contribution >= 4 is 73.8 Å². The van der Waals surface area contributed by atoms with Gasteiger partial charge in [0.1, 0.15) is 0 Å². The van der Waals surface area contributed by atoms with Crippen molar-refractivity contribution in [2.75, 3.05) is 19.6 Å². The van der Waals surface area contributed by atoms with Crippen LogP contribution >= 0.6 is 0 Å². The summed E-state index contributed by atoms with van der Waals surface area (Å²) >= 11 is 0. The van der Waals surface area contributed by atoms with Crippen LogP contribution in [0.5, 0.6) is 0 Å². The maximum absolute atomic E-state index is 4.01. The zero-order valence-corrected chi connectivity index (χ0v) is 72.2. The molecule has 0 bridgehead atoms. The van der Waals surface area contributed by atoms with Gasteiger partial charge in [0.05, 0.1) is 0 Å². The number of anilines is 12. The van der Waals surface area contributed by atoms with Gasteiger partial charge in [0.15, 0.2) is 0 Å². The summed E-state index contributed by atoms with van der Waals surface area (Å²) in [6.07, 6.45) is 5.65. The topological polar surface area (TPSA) is 13.0 Å². The fraction of sp³-hybridized carbons (Fsp3) is 0. The zero-order chi connectivity index (χ0) is 87.6. The van der Waals surface area contributed by atoms with Gasteiger partial charge in [0.25, 0.3) is 0 Å². The third-order valence-corrected chi connectivity index (χ3v) is 24.0. The minimum atomic E-state index is 1.03. The van der Waals surface area contributed by atoms with Gasteiger partial charge in [-0.1, -0.05) is 414 Å². The van der Waals surface area contributed by atoms with Crippen LogP contribution in [0.2, 0.25) is 0 Å². The van der Waals surface area contributed by atoms with Gasteiger partial charge in [-0.15, -0.1) is 0 Å². The van der Waals surface area contributed by atoms with E-state index in [-0.39, 0.29) is 0 Å². The maximum atomic E-state index is 4.01. The monoisotopic (exact) mass is 1660 g/mol. The second kappa shape index (κ2) is 39.3. The molecule has 0 spiro atoms. The highest BCUT2D eigenvalue weighted by atomic mass is 15.2. The number of para-hydroxylation sites is 2. The summed E-state index contributed by atoms with van der Waals surface area (Å²) in [6, 6.07) is 189. The summed E-state index contributed by atoms with van der Waals surface area (Å²) < 4.78 is 0. The standard InChI is InChI=1S/C66H48N2.C60H46N2/c1-7-19-53(20-8-1)63-45-43-61(47-65(63)55-23-11-3-12-24-55)67(57-27-15-5-16-28-57)59-39-35-51(36-40-59)49-31-33-50(34-32-49)52-37-41-60(42-38-52)68(58-29-17-6-18-30-58)62-44-46-64(54-21-9-2-10-22-54)66(48-62)56-25-13-4-14-26-56;1-3-14-45(4-2)49-21-33-55(34-22-49)61(56-35-23-50(24-36-56)46-15-8-5-9-16-46)59-41-29-53(30-42-59)54-31-43-60(44-32-54)62(57-37-25-51(26-38-57)47-17-10-6-11-18-47)58-39-27-52(28-40-58)48-19-12-7-13-20-48/h1-48H;3-44H,1-2H2/b;45-14+. The Balaban J connectivity index is 0.000000169. The number of allylic oxidation sites excluding steroid dienone is 4. The maximum Gasteiger partial charge on any atom is 0.0468 e. The summed E-state index contributed by atoms with van der Waals surface area (Å²) in [5.74, 6) is 0. The molecule has 618 valence electrons. The number of hydrogen-bond donors (Lipinski definition) is 0. The molecule has 0 aliphatic heterocycles. The van der Waals surface area contributed by atoms with Gasteiger partial charge in [-0.3, -0.25) is 0 Å². The van der Waals surface area contributed by atoms with Gasteiger partial charge in [0.2, 0.25) is 0 Å². The molecule has 0 saturated carbocycles. The predicted octanol–water partition coefficient (Wildman–Crippen LogP) is 35.7. The molecule has 0 fully saturated rings. The van der Waals surface area contributed by atoms with Crippen LogP contribution in [0.25, 0.3) is 117 Å². The predicted molar refractivity (Wildman–Crippen MR) is 554 cm³/mol. The van der Waals surface area contributed by atoms with Crippen molar-refractivity contribution in [2.24, 2.45) is 0 Å². The van der Waals surface area contributed by atoms with Crippen molar-refractivity contribution in [2.45, 2.75) is 0 Å². The SMILES string of the molecule is C=C/C=C(\C=C)c1ccc(N(c2ccc(-c3ccccc3)cc2)c2ccc(-c3ccc(N(c4ccc(-c5ccccc5)cc4)c4ccc(-c5ccccc5)cc4)cc3)cc2)cc1.c1ccc(-c2ccc(N(c3ccccc3)c3ccc(-c4ccc(-c5ccc(N(c6ccccc6)c6ccc(-c7ccccc7)c(-c7ccccc7)c6)cc5)cc4)cc3)cc2-c2ccccc2)cc1. The smallest absolute Gasteiger partial charge is 0.0468 e. The van der Waals surface area contributed by atoms with Crippen molar-refractivity contribution in [1.29, 1.82) is 0 Å². The zero-order valence-electron chi connectivity index (χ0n) is 72.2. The molecule has 4 nitrogen and oxygen atoms in total. The largest absolute Gasteiger partial charge is 0.311 e. The van der Waals surface area contributed by atoms with Crippen LogP contribution in [0.3, 0.4) is 0 Å². The molecule has 0 aromatic heterocycles. The molecule has 130 heavy (non-hydrogen) atoms. The van der Waals surface area contributed by atoms with Gasteiger partial charge < -0.3 is 19.6 Å². The van der Waals surface area contributed by atoms with Gasteiger partial charge in [-0.05, 0) is 268 Å². The first-order chi connectivity index (χ1) is 64.4. The fourth-order valence-corrected chi connectivity index (χ4v) is 17.3. The molecule has 0 unspecified atom stereocenters. The molecule has 0 amide bonds. The summed E-state index contributed by atoms with van der Waals surface area (Å²) in [6.45, 7) is 7.89. The lowest BCUT2D eigenvalue weighted by Crippen LogP contribution is -2.10. The van der Waals surface area contributed by atoms with E-state index in [1.54, 1.807) is 6.08 Å². The van der Waals surface area contributed by atoms with Crippen molar-refractivity contribution < 1.29 is 0 Å². The first-order valence-electron chi connectivity index (χ1n) is 44.2. The molecule has 0 aliphatic carbocycles. The third kappa shape index (κ3) is 18.6. The second-order valence-electron chi connectivity index (χ2n) is 32.0. The Morgan fingerprint density at radius 1 is 0.146 bits per heavy atom. The minimum Gasteiger partial charge on any atom is -0.311 e. The van der Waals surface area contributed by atoms with Crippen LogP contribution in [-0.2, 0) is 0 Å². The number of nitrogens with zero attached hydrogens (tertiary/aromatic N) is 4. The molecule has 4 heteroatoms. The van der Waals surface area contributed by atoms with Gasteiger partial charge >= 0.3 is 0 Å². The molecule has 0 radical (unpaired) electrons. The lowest BCUT2D eigenvalue weighted by molar-refractivity contribution is 1.28. The van der Waals surface area contributed by atoms with Gasteiger partial charge in [0, 0.05) is 68.2 Å². The minimum absolute atomic E-state index is 1.03. The van der Waals surface area contributed by atoms with Crippen LogP contribution < -0.4 is 19.6 Å². The van der Waals surface area contributed by atoms with Crippen molar-refractivity contribution in [3.05, 3.63) is 565 Å². The van der Waals surface area contributed by atoms with Crippen LogP contribution in [0.15, 0.2) is 559 Å². The van der Waals surface area contributed by atoms with E-state index in [2.05, 4.69) is 561 Å². The summed E-state index contributed by atoms with van der Waals surface area (Å²) in [5, 5.41) is 0. The molecule has 0 N–H and O–H groups in total. The Bertz CT molecular complexity index is 6830. The highest BCUT2D eigenvalue weighted by Gasteiger charge is 2.22. The van der Waals surface area contributed by atoms with E-state index in [1.165, 1.54) is 100 Å². The molecule has 0 saturated heterocycles. The van der Waals surface area contributed by atoms with Crippen LogP contribution in [-0.4, -0.2) is 0 Å². The first-order valence-corrected chi connectivity index (χ1v) is 44.2. The molecular formula is C126H94N4. The summed E-state index contributed by atoms with van der Waals surface area (Å²) in [7, 11) is 0. The van der Waals surface area contributed by atoms with Crippen LogP contribution in [0, 0.1) is 0 Å². The van der Waals surface area contributed by atoms with Gasteiger partial charge in [-0.25, -0.2) is 0 Å². The van der Waals surface area contributed by atoms with E-state index in [0.29, 0.717) is 0 Å².